The first-order chi connectivity index (χ1) is 26.1. The number of imide groups is 1. The summed E-state index contributed by atoms with van der Waals surface area (Å²) in [5, 5.41) is 21.5. The topological polar surface area (TPSA) is 90.3 Å². The molecule has 0 saturated heterocycles. The number of benzene rings is 7. The molecule has 0 saturated carbocycles. The van der Waals surface area contributed by atoms with Gasteiger partial charge in [0.1, 0.15) is 23.0 Å². The Morgan fingerprint density at radius 2 is 1.13 bits per heavy atom. The summed E-state index contributed by atoms with van der Waals surface area (Å²) >= 11 is 0. The second-order valence-electron chi connectivity index (χ2n) is 14.3. The molecule has 9 rings (SSSR count). The van der Waals surface area contributed by atoms with Crippen LogP contribution in [0.4, 0.5) is 11.4 Å². The van der Waals surface area contributed by atoms with Gasteiger partial charge in [0.15, 0.2) is 0 Å². The van der Waals surface area contributed by atoms with Gasteiger partial charge in [-0.2, -0.15) is 0 Å². The third kappa shape index (κ3) is 4.75. The van der Waals surface area contributed by atoms with Crippen molar-refractivity contribution in [3.8, 4) is 34.1 Å². The molecule has 7 nitrogen and oxygen atoms in total. The first-order valence-corrected chi connectivity index (χ1v) is 17.8. The number of nitrogens with zero attached hydrogens (tertiary/aromatic N) is 2. The average molecular weight is 709 g/mol. The van der Waals surface area contributed by atoms with Crippen molar-refractivity contribution >= 4 is 34.0 Å². The summed E-state index contributed by atoms with van der Waals surface area (Å²) in [5.74, 6) is -0.0214. The Kier molecular flexibility index (Phi) is 7.40. The van der Waals surface area contributed by atoms with Crippen LogP contribution in [0.5, 0.6) is 23.0 Å². The molecule has 2 amide bonds. The number of ether oxygens (including phenoxy) is 1. The van der Waals surface area contributed by atoms with Crippen LogP contribution in [0.25, 0.3) is 21.9 Å². The van der Waals surface area contributed by atoms with E-state index in [1.54, 1.807) is 36.4 Å². The zero-order chi connectivity index (χ0) is 37.5. The summed E-state index contributed by atoms with van der Waals surface area (Å²) in [7, 11) is 4.11. The van der Waals surface area contributed by atoms with Crippen molar-refractivity contribution < 1.29 is 24.5 Å². The molecule has 1 heterocycles. The lowest BCUT2D eigenvalue weighted by Gasteiger charge is -2.35. The molecule has 0 atom stereocenters. The quantitative estimate of drug-likeness (QED) is 0.132. The van der Waals surface area contributed by atoms with Crippen LogP contribution >= 0.6 is 0 Å². The monoisotopic (exact) mass is 708 g/mol. The molecule has 0 unspecified atom stereocenters. The van der Waals surface area contributed by atoms with Gasteiger partial charge in [0, 0.05) is 30.6 Å². The highest BCUT2D eigenvalue weighted by atomic mass is 16.5. The van der Waals surface area contributed by atoms with Gasteiger partial charge >= 0.3 is 0 Å². The summed E-state index contributed by atoms with van der Waals surface area (Å²) in [4.78, 5) is 31.4. The van der Waals surface area contributed by atoms with Crippen molar-refractivity contribution in [2.24, 2.45) is 0 Å². The van der Waals surface area contributed by atoms with E-state index < -0.39 is 17.2 Å². The Hall–Kier alpha value is -6.86. The normalized spacial score (nSPS) is 13.9. The number of carbonyl (C=O) groups is 2. The minimum absolute atomic E-state index is 0.00428. The number of rotatable bonds is 6. The highest BCUT2D eigenvalue weighted by Crippen LogP contribution is 2.56. The number of fused-ring (bicyclic) bond motifs is 5. The van der Waals surface area contributed by atoms with Crippen LogP contribution in [-0.2, 0) is 5.41 Å². The van der Waals surface area contributed by atoms with Gasteiger partial charge in [0.25, 0.3) is 11.8 Å². The molecule has 7 heteroatoms. The van der Waals surface area contributed by atoms with Crippen LogP contribution in [0.2, 0.25) is 0 Å². The Morgan fingerprint density at radius 3 is 1.78 bits per heavy atom. The first-order valence-electron chi connectivity index (χ1n) is 17.8. The molecule has 0 aromatic heterocycles. The van der Waals surface area contributed by atoms with Gasteiger partial charge in [0.05, 0.1) is 22.2 Å². The third-order valence-electron chi connectivity index (χ3n) is 11.0. The summed E-state index contributed by atoms with van der Waals surface area (Å²) in [6.45, 7) is 4.09. The number of carbonyl (C=O) groups excluding carboxylic acids is 2. The lowest BCUT2D eigenvalue weighted by Crippen LogP contribution is -2.31. The van der Waals surface area contributed by atoms with Gasteiger partial charge < -0.3 is 19.8 Å². The van der Waals surface area contributed by atoms with Gasteiger partial charge in [0.2, 0.25) is 0 Å². The maximum Gasteiger partial charge on any atom is 0.266 e. The Labute approximate surface area is 312 Å². The summed E-state index contributed by atoms with van der Waals surface area (Å²) < 4.78 is 6.09. The van der Waals surface area contributed by atoms with E-state index in [4.69, 9.17) is 4.74 Å². The van der Waals surface area contributed by atoms with Crippen molar-refractivity contribution in [3.05, 3.63) is 178 Å². The van der Waals surface area contributed by atoms with E-state index in [1.807, 2.05) is 13.0 Å². The Balaban J connectivity index is 1.11. The largest absolute Gasteiger partial charge is 0.507 e. The average Bonchev–Trinajstić information content (AvgIpc) is 3.61. The number of anilines is 2. The molecule has 1 aliphatic carbocycles. The van der Waals surface area contributed by atoms with E-state index in [1.165, 1.54) is 44.8 Å². The van der Waals surface area contributed by atoms with E-state index in [-0.39, 0.29) is 17.1 Å². The number of hydrogen-bond acceptors (Lipinski definition) is 6. The predicted octanol–water partition coefficient (Wildman–Crippen LogP) is 9.89. The molecule has 264 valence electrons. The molecular formula is C47H36N2O5. The van der Waals surface area contributed by atoms with Crippen LogP contribution in [0.15, 0.2) is 133 Å². The minimum atomic E-state index is -0.640. The summed E-state index contributed by atoms with van der Waals surface area (Å²) in [5.41, 5.74) is 10.4. The van der Waals surface area contributed by atoms with Crippen molar-refractivity contribution in [3.63, 3.8) is 0 Å². The zero-order valence-corrected chi connectivity index (χ0v) is 30.2. The maximum atomic E-state index is 14.1. The molecule has 7 aromatic carbocycles. The van der Waals surface area contributed by atoms with E-state index >= 15 is 0 Å². The van der Waals surface area contributed by atoms with Crippen LogP contribution in [-0.4, -0.2) is 36.1 Å². The molecule has 0 fully saturated rings. The number of phenolic OH excluding ortho intramolecular Hbond substituents is 2. The second kappa shape index (κ2) is 12.1. The van der Waals surface area contributed by atoms with E-state index in [2.05, 4.69) is 105 Å². The fraction of sp³-hybridized carbons (Fsp3) is 0.106. The van der Waals surface area contributed by atoms with Crippen molar-refractivity contribution in [2.75, 3.05) is 23.9 Å². The number of aromatic hydroxyl groups is 2. The van der Waals surface area contributed by atoms with E-state index in [9.17, 15) is 19.8 Å². The lowest BCUT2D eigenvalue weighted by atomic mass is 9.67. The molecule has 7 aromatic rings. The Bertz CT molecular complexity index is 2690. The fourth-order valence-corrected chi connectivity index (χ4v) is 8.55. The van der Waals surface area contributed by atoms with Crippen LogP contribution in [0.3, 0.4) is 0 Å². The highest BCUT2D eigenvalue weighted by Gasteiger charge is 2.47. The van der Waals surface area contributed by atoms with Gasteiger partial charge in [-0.05, 0) is 119 Å². The van der Waals surface area contributed by atoms with Gasteiger partial charge in [-0.25, -0.2) is 4.90 Å². The second-order valence-corrected chi connectivity index (χ2v) is 14.3. The van der Waals surface area contributed by atoms with Crippen LogP contribution < -0.4 is 14.5 Å². The first kappa shape index (κ1) is 33.0. The molecule has 1 aliphatic heterocycles. The van der Waals surface area contributed by atoms with Gasteiger partial charge in [-0.3, -0.25) is 9.59 Å². The standard InChI is InChI=1S/C47H36N2O5/c1-27-23-29(13-19-41(27)48(3)4)47(39-11-7-5-9-33(39)34-10-6-8-12-40(34)47)30-14-20-42(28(2)24-30)49-45(52)36-18-16-32(26-38(36)46(49)53)54-31-15-17-35-37(25-31)44(51)22-21-43(35)50/h5-26,50-51H,1-4H3. The molecule has 0 spiro atoms. The number of amides is 2. The smallest absolute Gasteiger partial charge is 0.266 e. The minimum Gasteiger partial charge on any atom is -0.507 e. The van der Waals surface area contributed by atoms with Gasteiger partial charge in [-0.15, -0.1) is 0 Å². The van der Waals surface area contributed by atoms with Gasteiger partial charge in [-0.1, -0.05) is 72.8 Å². The number of hydrogen-bond donors (Lipinski definition) is 2. The molecule has 54 heavy (non-hydrogen) atoms. The van der Waals surface area contributed by atoms with Crippen molar-refractivity contribution in [1.82, 2.24) is 0 Å². The fourth-order valence-electron chi connectivity index (χ4n) is 8.55. The lowest BCUT2D eigenvalue weighted by molar-refractivity contribution is 0.0925. The van der Waals surface area contributed by atoms with E-state index in [0.29, 0.717) is 33.5 Å². The molecule has 0 radical (unpaired) electrons. The molecule has 2 aliphatic rings. The summed E-state index contributed by atoms with van der Waals surface area (Å²) in [6, 6.07) is 42.5. The molecule has 0 bridgehead atoms. The zero-order valence-electron chi connectivity index (χ0n) is 30.2. The SMILES string of the molecule is Cc1cc(C2(c3ccc(N4C(=O)c5ccc(Oc6ccc7c(O)ccc(O)c7c6)cc5C4=O)c(C)c3)c3ccccc3-c3ccccc32)ccc1N(C)C. The maximum absolute atomic E-state index is 14.1. The van der Waals surface area contributed by atoms with Crippen molar-refractivity contribution in [1.29, 1.82) is 0 Å². The molecular weight excluding hydrogens is 673 g/mol. The highest BCUT2D eigenvalue weighted by molar-refractivity contribution is 6.34. The van der Waals surface area contributed by atoms with Crippen LogP contribution in [0, 0.1) is 13.8 Å². The Morgan fingerprint density at radius 1 is 0.556 bits per heavy atom. The van der Waals surface area contributed by atoms with E-state index in [0.717, 1.165) is 22.4 Å². The van der Waals surface area contributed by atoms with Crippen molar-refractivity contribution in [2.45, 2.75) is 19.3 Å². The van der Waals surface area contributed by atoms with Crippen LogP contribution in [0.1, 0.15) is 54.1 Å². The number of aryl methyl sites for hydroxylation is 2. The summed E-state index contributed by atoms with van der Waals surface area (Å²) in [6.07, 6.45) is 0. The molecule has 2 N–H and O–H groups in total. The number of phenols is 2. The third-order valence-corrected chi connectivity index (χ3v) is 11.0. The predicted molar refractivity (Wildman–Crippen MR) is 212 cm³/mol.